The van der Waals surface area contributed by atoms with Gasteiger partial charge >= 0.3 is 0 Å². The van der Waals surface area contributed by atoms with Crippen LogP contribution in [0.3, 0.4) is 0 Å². The monoisotopic (exact) mass is 344 g/mol. The molecule has 4 nitrogen and oxygen atoms in total. The van der Waals surface area contributed by atoms with Crippen LogP contribution in [-0.2, 0) is 0 Å². The largest absolute Gasteiger partial charge is 0.395 e. The Balaban J connectivity index is 1.69. The molecule has 1 fully saturated rings. The first-order valence-corrected chi connectivity index (χ1v) is 8.46. The first-order valence-electron chi connectivity index (χ1n) is 7.70. The van der Waals surface area contributed by atoms with Gasteiger partial charge in [-0.3, -0.25) is 9.69 Å². The SMILES string of the molecule is O=C(NCCCCN1CCCC1CO)c1c(Cl)cccc1Cl. The van der Waals surface area contributed by atoms with Gasteiger partial charge in [0.15, 0.2) is 0 Å². The van der Waals surface area contributed by atoms with Crippen LogP contribution in [0.2, 0.25) is 10.0 Å². The quantitative estimate of drug-likeness (QED) is 0.747. The van der Waals surface area contributed by atoms with Crippen LogP contribution in [0.5, 0.6) is 0 Å². The fraction of sp³-hybridized carbons (Fsp3) is 0.562. The van der Waals surface area contributed by atoms with Crippen LogP contribution in [0, 0.1) is 0 Å². The zero-order valence-electron chi connectivity index (χ0n) is 12.5. The minimum absolute atomic E-state index is 0.231. The fourth-order valence-electron chi connectivity index (χ4n) is 2.84. The average Bonchev–Trinajstić information content (AvgIpc) is 2.94. The molecule has 0 saturated carbocycles. The van der Waals surface area contributed by atoms with E-state index in [1.165, 1.54) is 0 Å². The number of amides is 1. The molecule has 0 spiro atoms. The molecular formula is C16H22Cl2N2O2. The Morgan fingerprint density at radius 3 is 2.73 bits per heavy atom. The normalized spacial score (nSPS) is 18.6. The maximum Gasteiger partial charge on any atom is 0.254 e. The highest BCUT2D eigenvalue weighted by Crippen LogP contribution is 2.24. The summed E-state index contributed by atoms with van der Waals surface area (Å²) in [6.45, 7) is 2.86. The lowest BCUT2D eigenvalue weighted by molar-refractivity contribution is 0.0952. The van der Waals surface area contributed by atoms with Crippen molar-refractivity contribution in [2.24, 2.45) is 0 Å². The van der Waals surface area contributed by atoms with Crippen molar-refractivity contribution >= 4 is 29.1 Å². The molecule has 2 rings (SSSR count). The van der Waals surface area contributed by atoms with Crippen LogP contribution >= 0.6 is 23.2 Å². The van der Waals surface area contributed by atoms with Gasteiger partial charge in [0.25, 0.3) is 5.91 Å². The number of nitrogens with zero attached hydrogens (tertiary/aromatic N) is 1. The lowest BCUT2D eigenvalue weighted by atomic mass is 10.2. The van der Waals surface area contributed by atoms with E-state index in [1.807, 2.05) is 0 Å². The summed E-state index contributed by atoms with van der Waals surface area (Å²) in [6.07, 6.45) is 4.13. The van der Waals surface area contributed by atoms with Gasteiger partial charge in [0.2, 0.25) is 0 Å². The molecule has 1 saturated heterocycles. The number of benzene rings is 1. The lowest BCUT2D eigenvalue weighted by Crippen LogP contribution is -2.33. The van der Waals surface area contributed by atoms with E-state index in [1.54, 1.807) is 18.2 Å². The summed E-state index contributed by atoms with van der Waals surface area (Å²) in [4.78, 5) is 14.4. The standard InChI is InChI=1S/C16H22Cl2N2O2/c17-13-6-3-7-14(18)15(13)16(22)19-8-1-2-9-20-10-4-5-12(20)11-21/h3,6-7,12,21H,1-2,4-5,8-11H2,(H,19,22). The van der Waals surface area contributed by atoms with Gasteiger partial charge in [0, 0.05) is 12.6 Å². The molecule has 1 atom stereocenters. The van der Waals surface area contributed by atoms with Gasteiger partial charge < -0.3 is 10.4 Å². The minimum atomic E-state index is -0.231. The van der Waals surface area contributed by atoms with Crippen LogP contribution in [0.4, 0.5) is 0 Å². The zero-order chi connectivity index (χ0) is 15.9. The summed E-state index contributed by atoms with van der Waals surface area (Å²) >= 11 is 12.0. The van der Waals surface area contributed by atoms with Crippen LogP contribution in [0.25, 0.3) is 0 Å². The van der Waals surface area contributed by atoms with Crippen LogP contribution in [0.15, 0.2) is 18.2 Å². The molecule has 0 radical (unpaired) electrons. The van der Waals surface area contributed by atoms with Crippen molar-refractivity contribution < 1.29 is 9.90 Å². The van der Waals surface area contributed by atoms with Crippen molar-refractivity contribution in [3.05, 3.63) is 33.8 Å². The summed E-state index contributed by atoms with van der Waals surface area (Å²) in [5, 5.41) is 12.9. The second kappa shape index (κ2) is 8.73. The fourth-order valence-corrected chi connectivity index (χ4v) is 3.41. The van der Waals surface area contributed by atoms with Crippen molar-refractivity contribution in [2.45, 2.75) is 31.7 Å². The first-order chi connectivity index (χ1) is 10.6. The van der Waals surface area contributed by atoms with Crippen molar-refractivity contribution in [3.8, 4) is 0 Å². The number of aliphatic hydroxyl groups is 1. The maximum atomic E-state index is 12.1. The molecule has 0 aromatic heterocycles. The molecule has 1 aliphatic rings. The predicted molar refractivity (Wildman–Crippen MR) is 89.7 cm³/mol. The first kappa shape index (κ1) is 17.5. The number of carbonyl (C=O) groups excluding carboxylic acids is 1. The van der Waals surface area contributed by atoms with Gasteiger partial charge in [-0.1, -0.05) is 29.3 Å². The Morgan fingerprint density at radius 2 is 2.05 bits per heavy atom. The number of unbranched alkanes of at least 4 members (excludes halogenated alkanes) is 1. The summed E-state index contributed by atoms with van der Waals surface area (Å²) in [7, 11) is 0. The smallest absolute Gasteiger partial charge is 0.254 e. The number of hydrogen-bond donors (Lipinski definition) is 2. The molecule has 1 aliphatic heterocycles. The van der Waals surface area contributed by atoms with Crippen molar-refractivity contribution in [1.29, 1.82) is 0 Å². The molecule has 2 N–H and O–H groups in total. The molecule has 6 heteroatoms. The number of aliphatic hydroxyl groups excluding tert-OH is 1. The number of nitrogens with one attached hydrogen (secondary N) is 1. The third kappa shape index (κ3) is 4.59. The van der Waals surface area contributed by atoms with E-state index in [4.69, 9.17) is 23.2 Å². The average molecular weight is 345 g/mol. The Hall–Kier alpha value is -0.810. The van der Waals surface area contributed by atoms with Gasteiger partial charge in [0.1, 0.15) is 0 Å². The number of likely N-dealkylation sites (tertiary alicyclic amines) is 1. The third-order valence-corrected chi connectivity index (χ3v) is 4.69. The molecule has 1 amide bonds. The van der Waals surface area contributed by atoms with Crippen LogP contribution < -0.4 is 5.32 Å². The van der Waals surface area contributed by atoms with E-state index >= 15 is 0 Å². The highest BCUT2D eigenvalue weighted by molar-refractivity contribution is 6.39. The van der Waals surface area contributed by atoms with Crippen molar-refractivity contribution in [1.82, 2.24) is 10.2 Å². The van der Waals surface area contributed by atoms with Crippen molar-refractivity contribution in [2.75, 3.05) is 26.2 Å². The molecule has 1 heterocycles. The van der Waals surface area contributed by atoms with Crippen LogP contribution in [-0.4, -0.2) is 48.2 Å². The van der Waals surface area contributed by atoms with Gasteiger partial charge in [0.05, 0.1) is 22.2 Å². The molecule has 1 aromatic carbocycles. The predicted octanol–water partition coefficient (Wildman–Crippen LogP) is 2.96. The Labute approximate surface area is 141 Å². The van der Waals surface area contributed by atoms with Gasteiger partial charge in [-0.2, -0.15) is 0 Å². The molecule has 122 valence electrons. The van der Waals surface area contributed by atoms with Gasteiger partial charge in [-0.25, -0.2) is 0 Å². The molecule has 0 aliphatic carbocycles. The highest BCUT2D eigenvalue weighted by atomic mass is 35.5. The Kier molecular flexibility index (Phi) is 6.96. The van der Waals surface area contributed by atoms with E-state index < -0.39 is 0 Å². The molecule has 0 bridgehead atoms. The Morgan fingerprint density at radius 1 is 1.32 bits per heavy atom. The molecule has 22 heavy (non-hydrogen) atoms. The number of hydrogen-bond acceptors (Lipinski definition) is 3. The molecule has 1 aromatic rings. The summed E-state index contributed by atoms with van der Waals surface area (Å²) in [5.41, 5.74) is 0.339. The van der Waals surface area contributed by atoms with E-state index in [2.05, 4.69) is 10.2 Å². The third-order valence-electron chi connectivity index (χ3n) is 4.06. The van der Waals surface area contributed by atoms with E-state index in [0.29, 0.717) is 28.2 Å². The maximum absolute atomic E-state index is 12.1. The summed E-state index contributed by atoms with van der Waals surface area (Å²) < 4.78 is 0. The van der Waals surface area contributed by atoms with E-state index in [9.17, 15) is 9.90 Å². The van der Waals surface area contributed by atoms with Crippen LogP contribution in [0.1, 0.15) is 36.0 Å². The zero-order valence-corrected chi connectivity index (χ0v) is 14.0. The van der Waals surface area contributed by atoms with E-state index in [-0.39, 0.29) is 12.5 Å². The van der Waals surface area contributed by atoms with Gasteiger partial charge in [-0.05, 0) is 50.9 Å². The Bertz CT molecular complexity index is 491. The van der Waals surface area contributed by atoms with E-state index in [0.717, 1.165) is 38.8 Å². The number of halogens is 2. The number of rotatable bonds is 7. The molecular weight excluding hydrogens is 323 g/mol. The molecule has 1 unspecified atom stereocenters. The minimum Gasteiger partial charge on any atom is -0.395 e. The number of carbonyl (C=O) groups is 1. The second-order valence-electron chi connectivity index (χ2n) is 5.57. The summed E-state index contributed by atoms with van der Waals surface area (Å²) in [6, 6.07) is 5.35. The topological polar surface area (TPSA) is 52.6 Å². The van der Waals surface area contributed by atoms with Crippen molar-refractivity contribution in [3.63, 3.8) is 0 Å². The van der Waals surface area contributed by atoms with Gasteiger partial charge in [-0.15, -0.1) is 0 Å². The second-order valence-corrected chi connectivity index (χ2v) is 6.39. The highest BCUT2D eigenvalue weighted by Gasteiger charge is 2.22. The lowest BCUT2D eigenvalue weighted by Gasteiger charge is -2.22. The summed E-state index contributed by atoms with van der Waals surface area (Å²) in [5.74, 6) is -0.231.